The molecule has 0 aliphatic rings. The Morgan fingerprint density at radius 3 is 2.06 bits per heavy atom. The molecule has 0 N–H and O–H groups in total. The molecule has 0 radical (unpaired) electrons. The molecule has 0 unspecified atom stereocenters. The number of furan rings is 1. The van der Waals surface area contributed by atoms with E-state index in [0.29, 0.717) is 12.5 Å². The highest BCUT2D eigenvalue weighted by atomic mass is 19.3. The van der Waals surface area contributed by atoms with E-state index in [4.69, 9.17) is 12.1 Å². The summed E-state index contributed by atoms with van der Waals surface area (Å²) in [4.78, 5) is 5.00. The molecule has 2 heterocycles. The largest absolute Gasteiger partial charge is 0.455 e. The molecule has 0 aliphatic carbocycles. The molecular formula is C46H40F2N2O. The average molecular weight is 677 g/mol. The van der Waals surface area contributed by atoms with E-state index in [9.17, 15) is 8.78 Å². The molecule has 0 saturated carbocycles. The second kappa shape index (κ2) is 12.6. The van der Waals surface area contributed by atoms with E-state index in [2.05, 4.69) is 86.9 Å². The zero-order valence-corrected chi connectivity index (χ0v) is 29.3. The van der Waals surface area contributed by atoms with Gasteiger partial charge in [0.1, 0.15) is 17.0 Å². The number of hydrogen-bond acceptors (Lipinski definition) is 2. The van der Waals surface area contributed by atoms with Crippen molar-refractivity contribution >= 4 is 32.7 Å². The number of aromatic nitrogens is 2. The average Bonchev–Trinajstić information content (AvgIpc) is 3.79. The van der Waals surface area contributed by atoms with E-state index >= 15 is 0 Å². The van der Waals surface area contributed by atoms with Crippen LogP contribution in [0.25, 0.3) is 72.0 Å². The van der Waals surface area contributed by atoms with Crippen LogP contribution in [0.1, 0.15) is 65.9 Å². The zero-order chi connectivity index (χ0) is 37.2. The van der Waals surface area contributed by atoms with Crippen LogP contribution in [-0.4, -0.2) is 15.5 Å². The number of nitrogens with zero attached hydrogens (tertiary/aromatic N) is 2. The van der Waals surface area contributed by atoms with Crippen molar-refractivity contribution in [2.24, 2.45) is 0 Å². The van der Waals surface area contributed by atoms with Gasteiger partial charge in [-0.2, -0.15) is 0 Å². The first kappa shape index (κ1) is 30.3. The Morgan fingerprint density at radius 1 is 0.725 bits per heavy atom. The maximum Gasteiger partial charge on any atom is 0.249 e. The van der Waals surface area contributed by atoms with Crippen molar-refractivity contribution in [3.8, 4) is 39.3 Å². The van der Waals surface area contributed by atoms with Gasteiger partial charge < -0.3 is 4.42 Å². The fourth-order valence-corrected chi connectivity index (χ4v) is 7.29. The third-order valence-electron chi connectivity index (χ3n) is 9.69. The molecule has 8 rings (SSSR count). The van der Waals surface area contributed by atoms with Crippen molar-refractivity contribution in [3.05, 3.63) is 144 Å². The minimum absolute atomic E-state index is 0.0684. The maximum atomic E-state index is 14.0. The molecule has 8 aromatic rings. The van der Waals surface area contributed by atoms with Crippen LogP contribution < -0.4 is 0 Å². The Balaban J connectivity index is 1.32. The number of benzene rings is 6. The van der Waals surface area contributed by atoms with Gasteiger partial charge in [-0.1, -0.05) is 113 Å². The van der Waals surface area contributed by atoms with Gasteiger partial charge in [0, 0.05) is 32.3 Å². The van der Waals surface area contributed by atoms with Gasteiger partial charge in [-0.25, -0.2) is 13.8 Å². The van der Waals surface area contributed by atoms with Gasteiger partial charge in [0.15, 0.2) is 0 Å². The molecule has 0 spiro atoms. The molecular weight excluding hydrogens is 635 g/mol. The van der Waals surface area contributed by atoms with Crippen molar-refractivity contribution in [2.45, 2.75) is 58.7 Å². The molecule has 0 atom stereocenters. The molecule has 51 heavy (non-hydrogen) atoms. The minimum atomic E-state index is -3.52. The van der Waals surface area contributed by atoms with Gasteiger partial charge in [0.2, 0.25) is 5.92 Å². The summed E-state index contributed by atoms with van der Waals surface area (Å²) in [6.07, 6.45) is 1.12. The Labute approximate surface area is 300 Å². The van der Waals surface area contributed by atoms with Crippen molar-refractivity contribution in [2.75, 3.05) is 0 Å². The highest BCUT2D eigenvalue weighted by Crippen LogP contribution is 2.44. The predicted octanol–water partition coefficient (Wildman–Crippen LogP) is 13.4. The van der Waals surface area contributed by atoms with Gasteiger partial charge in [0.05, 0.1) is 11.3 Å². The number of imidazole rings is 1. The van der Waals surface area contributed by atoms with Crippen LogP contribution in [0.15, 0.2) is 132 Å². The first-order valence-electron chi connectivity index (χ1n) is 18.5. The van der Waals surface area contributed by atoms with E-state index in [1.165, 1.54) is 34.4 Å². The van der Waals surface area contributed by atoms with Crippen molar-refractivity contribution < 1.29 is 15.9 Å². The summed E-state index contributed by atoms with van der Waals surface area (Å²) in [6.45, 7) is 9.56. The third kappa shape index (κ3) is 6.01. The maximum absolute atomic E-state index is 14.0. The molecule has 254 valence electrons. The lowest BCUT2D eigenvalue weighted by molar-refractivity contribution is 0.0226. The Morgan fingerprint density at radius 2 is 1.37 bits per heavy atom. The summed E-state index contributed by atoms with van der Waals surface area (Å²) in [6, 6.07) is 37.9. The normalized spacial score (nSPS) is 13.1. The molecule has 0 amide bonds. The van der Waals surface area contributed by atoms with Gasteiger partial charge in [-0.3, -0.25) is 4.57 Å². The molecule has 0 saturated heterocycles. The van der Waals surface area contributed by atoms with Gasteiger partial charge in [-0.15, -0.1) is 0 Å². The van der Waals surface area contributed by atoms with Crippen LogP contribution in [-0.2, 0) is 6.37 Å². The van der Waals surface area contributed by atoms with Crippen molar-refractivity contribution in [3.63, 3.8) is 0 Å². The van der Waals surface area contributed by atoms with Crippen LogP contribution >= 0.6 is 0 Å². The van der Waals surface area contributed by atoms with Crippen LogP contribution in [0.5, 0.6) is 0 Å². The quantitative estimate of drug-likeness (QED) is 0.160. The zero-order valence-electron chi connectivity index (χ0n) is 31.3. The lowest BCUT2D eigenvalue weighted by Gasteiger charge is -2.24. The molecule has 6 aromatic carbocycles. The number of rotatable bonds is 8. The highest BCUT2D eigenvalue weighted by molar-refractivity contribution is 6.22. The van der Waals surface area contributed by atoms with Gasteiger partial charge >= 0.3 is 0 Å². The Hall–Kier alpha value is -5.55. The molecule has 0 bridgehead atoms. The standard InChI is InChI=1S/C46H40F2N2O/c1-28(2)38-24-35(31-11-7-6-8-12-31)25-39(29(3)4)43(38)50-22-21-49-45(50)40-23-34-13-9-10-14-36(34)42-37-20-19-33(26-41(37)51-44(40)42)32-17-15-30(16-18-32)27-46(5,47)48/h6-26,28-29H,27H2,1-5H3/i27D2. The molecule has 0 fully saturated rings. The topological polar surface area (TPSA) is 31.0 Å². The number of fused-ring (bicyclic) bond motifs is 5. The van der Waals surface area contributed by atoms with E-state index < -0.39 is 12.3 Å². The minimum Gasteiger partial charge on any atom is -0.455 e. The van der Waals surface area contributed by atoms with Crippen LogP contribution in [0.3, 0.4) is 0 Å². The monoisotopic (exact) mass is 676 g/mol. The van der Waals surface area contributed by atoms with E-state index in [-0.39, 0.29) is 17.4 Å². The number of hydrogen-bond donors (Lipinski definition) is 0. The third-order valence-corrected chi connectivity index (χ3v) is 9.69. The van der Waals surface area contributed by atoms with Crippen LogP contribution in [0, 0.1) is 0 Å². The fourth-order valence-electron chi connectivity index (χ4n) is 7.29. The van der Waals surface area contributed by atoms with Crippen LogP contribution in [0.2, 0.25) is 0 Å². The second-order valence-corrected chi connectivity index (χ2v) is 14.1. The summed E-state index contributed by atoms with van der Waals surface area (Å²) in [5, 5.41) is 4.09. The predicted molar refractivity (Wildman–Crippen MR) is 207 cm³/mol. The van der Waals surface area contributed by atoms with Gasteiger partial charge in [-0.05, 0) is 98.8 Å². The van der Waals surface area contributed by atoms with Crippen molar-refractivity contribution in [1.29, 1.82) is 0 Å². The molecule has 0 aliphatic heterocycles. The second-order valence-electron chi connectivity index (χ2n) is 14.1. The van der Waals surface area contributed by atoms with E-state index in [1.807, 2.05) is 48.8 Å². The molecule has 5 heteroatoms. The Kier molecular flexibility index (Phi) is 7.51. The Bertz CT molecular complexity index is 2600. The lowest BCUT2D eigenvalue weighted by atomic mass is 9.88. The summed E-state index contributed by atoms with van der Waals surface area (Å²) < 4.78 is 53.1. The number of alkyl halides is 2. The summed E-state index contributed by atoms with van der Waals surface area (Å²) in [5.74, 6) is -2.24. The SMILES string of the molecule is [2H]C([2H])(c1ccc(-c2ccc3c(c2)oc2c(-c4nccn4-c4c(C(C)C)cc(-c5ccccc5)cc4C(C)C)cc4ccccc4c23)cc1)C(C)(F)F. The number of halogens is 2. The lowest BCUT2D eigenvalue weighted by Crippen LogP contribution is -2.13. The van der Waals surface area contributed by atoms with Crippen LogP contribution in [0.4, 0.5) is 8.78 Å². The highest BCUT2D eigenvalue weighted by Gasteiger charge is 2.25. The fraction of sp³-hybridized carbons (Fsp3) is 0.196. The molecule has 2 aromatic heterocycles. The summed E-state index contributed by atoms with van der Waals surface area (Å²) >= 11 is 0. The summed E-state index contributed by atoms with van der Waals surface area (Å²) in [7, 11) is 0. The summed E-state index contributed by atoms with van der Waals surface area (Å²) in [5.41, 5.74) is 9.83. The van der Waals surface area contributed by atoms with Crippen molar-refractivity contribution in [1.82, 2.24) is 9.55 Å². The smallest absolute Gasteiger partial charge is 0.249 e. The van der Waals surface area contributed by atoms with E-state index in [1.54, 1.807) is 12.1 Å². The molecule has 3 nitrogen and oxygen atoms in total. The first-order chi connectivity index (χ1) is 25.3. The van der Waals surface area contributed by atoms with E-state index in [0.717, 1.165) is 55.3 Å². The first-order valence-corrected chi connectivity index (χ1v) is 17.5. The van der Waals surface area contributed by atoms with Gasteiger partial charge in [0.25, 0.3) is 0 Å².